The number of rotatable bonds is 8. The van der Waals surface area contributed by atoms with Crippen LogP contribution in [0.3, 0.4) is 0 Å². The lowest BCUT2D eigenvalue weighted by Crippen LogP contribution is -2.05. The number of ether oxygens (including phenoxy) is 2. The van der Waals surface area contributed by atoms with E-state index in [1.54, 1.807) is 20.3 Å². The minimum Gasteiger partial charge on any atom is -0.497 e. The fourth-order valence-corrected chi connectivity index (χ4v) is 2.73. The Morgan fingerprint density at radius 1 is 1.24 bits per heavy atom. The molecule has 0 atom stereocenters. The number of halogens is 1. The molecule has 0 spiro atoms. The first-order chi connectivity index (χ1) is 11.8. The number of methoxy groups -OCH3 is 2. The van der Waals surface area contributed by atoms with E-state index in [0.29, 0.717) is 22.6 Å². The van der Waals surface area contributed by atoms with Gasteiger partial charge in [0.05, 0.1) is 14.2 Å². The van der Waals surface area contributed by atoms with Gasteiger partial charge in [-0.25, -0.2) is 4.39 Å². The molecule has 0 aliphatic heterocycles. The van der Waals surface area contributed by atoms with Gasteiger partial charge >= 0.3 is 0 Å². The van der Waals surface area contributed by atoms with Crippen LogP contribution in [-0.2, 0) is 4.79 Å². The molecular formula is C21H25FO3. The van der Waals surface area contributed by atoms with E-state index in [-0.39, 0.29) is 12.2 Å². The monoisotopic (exact) mass is 344 g/mol. The van der Waals surface area contributed by atoms with E-state index in [9.17, 15) is 9.18 Å². The predicted octanol–water partition coefficient (Wildman–Crippen LogP) is 5.36. The van der Waals surface area contributed by atoms with Crippen LogP contribution in [0.2, 0.25) is 0 Å². The zero-order valence-electron chi connectivity index (χ0n) is 15.5. The van der Waals surface area contributed by atoms with Gasteiger partial charge in [0.2, 0.25) is 0 Å². The third-order valence-electron chi connectivity index (χ3n) is 4.02. The van der Waals surface area contributed by atoms with Crippen molar-refractivity contribution in [3.63, 3.8) is 0 Å². The maximum absolute atomic E-state index is 13.7. The molecule has 0 saturated carbocycles. The van der Waals surface area contributed by atoms with Crippen LogP contribution in [-0.4, -0.2) is 20.0 Å². The molecule has 0 bridgehead atoms. The summed E-state index contributed by atoms with van der Waals surface area (Å²) in [4.78, 5) is 12.2. The van der Waals surface area contributed by atoms with E-state index >= 15 is 0 Å². The molecule has 0 aliphatic rings. The van der Waals surface area contributed by atoms with E-state index in [2.05, 4.69) is 13.2 Å². The third kappa shape index (κ3) is 4.92. The Bertz CT molecular complexity index is 755. The van der Waals surface area contributed by atoms with Crippen LogP contribution in [0, 0.1) is 6.92 Å². The van der Waals surface area contributed by atoms with Gasteiger partial charge in [-0.05, 0) is 43.5 Å². The number of Topliss-reactive ketones (excluding diaryl/α,β-unsaturated/α-hetero) is 1. The van der Waals surface area contributed by atoms with Crippen LogP contribution in [0.4, 0.5) is 4.39 Å². The summed E-state index contributed by atoms with van der Waals surface area (Å²) in [5.41, 5.74) is 3.26. The molecule has 3 nitrogen and oxygen atoms in total. The highest BCUT2D eigenvalue weighted by Gasteiger charge is 2.18. The van der Waals surface area contributed by atoms with Crippen molar-refractivity contribution in [1.29, 1.82) is 0 Å². The normalized spacial score (nSPS) is 12.3. The molecule has 0 radical (unpaired) electrons. The molecule has 0 aromatic heterocycles. The smallest absolute Gasteiger partial charge is 0.156 e. The Labute approximate surface area is 149 Å². The lowest BCUT2D eigenvalue weighted by Gasteiger charge is -2.17. The number of benzene rings is 1. The van der Waals surface area contributed by atoms with Crippen molar-refractivity contribution in [2.75, 3.05) is 14.2 Å². The number of hydrogen-bond donors (Lipinski definition) is 0. The lowest BCUT2D eigenvalue weighted by molar-refractivity contribution is -0.113. The fourth-order valence-electron chi connectivity index (χ4n) is 2.73. The molecule has 134 valence electrons. The molecule has 1 rings (SSSR count). The Kier molecular flexibility index (Phi) is 7.37. The molecule has 0 fully saturated rings. The van der Waals surface area contributed by atoms with Crippen molar-refractivity contribution in [3.05, 3.63) is 65.5 Å². The third-order valence-corrected chi connectivity index (χ3v) is 4.02. The van der Waals surface area contributed by atoms with E-state index < -0.39 is 5.83 Å². The number of aryl methyl sites for hydroxylation is 1. The van der Waals surface area contributed by atoms with Gasteiger partial charge < -0.3 is 9.47 Å². The number of ketones is 1. The summed E-state index contributed by atoms with van der Waals surface area (Å²) in [6.07, 6.45) is 3.14. The Morgan fingerprint density at radius 3 is 2.32 bits per heavy atom. The maximum atomic E-state index is 13.7. The maximum Gasteiger partial charge on any atom is 0.156 e. The van der Waals surface area contributed by atoms with Gasteiger partial charge in [-0.1, -0.05) is 25.3 Å². The number of carbonyl (C=O) groups excluding carboxylic acids is 1. The van der Waals surface area contributed by atoms with Crippen molar-refractivity contribution in [2.45, 2.75) is 27.2 Å². The molecular weight excluding hydrogens is 319 g/mol. The van der Waals surface area contributed by atoms with Crippen molar-refractivity contribution in [3.8, 4) is 11.5 Å². The number of hydrogen-bond acceptors (Lipinski definition) is 3. The van der Waals surface area contributed by atoms with Crippen molar-refractivity contribution in [2.24, 2.45) is 0 Å². The molecule has 0 aliphatic carbocycles. The van der Waals surface area contributed by atoms with Gasteiger partial charge in [-0.2, -0.15) is 0 Å². The lowest BCUT2D eigenvalue weighted by atomic mass is 9.90. The molecule has 0 heterocycles. The number of allylic oxidation sites excluding steroid dienone is 6. The zero-order valence-corrected chi connectivity index (χ0v) is 15.5. The average molecular weight is 344 g/mol. The van der Waals surface area contributed by atoms with Crippen LogP contribution < -0.4 is 9.47 Å². The van der Waals surface area contributed by atoms with E-state index in [0.717, 1.165) is 16.7 Å². The first kappa shape index (κ1) is 20.4. The van der Waals surface area contributed by atoms with Crippen molar-refractivity contribution < 1.29 is 18.7 Å². The predicted molar refractivity (Wildman–Crippen MR) is 101 cm³/mol. The van der Waals surface area contributed by atoms with E-state index in [4.69, 9.17) is 9.47 Å². The molecule has 1 aromatic carbocycles. The van der Waals surface area contributed by atoms with Gasteiger partial charge in [0.1, 0.15) is 17.3 Å². The SMILES string of the molecule is C=C/C=C(/C/C(C(C)=O)=C(\C)c1c(C)cc(OC)cc1OC)C(=C)F. The molecule has 0 saturated heterocycles. The fraction of sp³-hybridized carbons (Fsp3) is 0.286. The summed E-state index contributed by atoms with van der Waals surface area (Å²) in [5.74, 6) is 0.553. The highest BCUT2D eigenvalue weighted by Crippen LogP contribution is 2.36. The van der Waals surface area contributed by atoms with Crippen LogP contribution in [0.15, 0.2) is 54.4 Å². The topological polar surface area (TPSA) is 35.5 Å². The minimum atomic E-state index is -0.579. The highest BCUT2D eigenvalue weighted by atomic mass is 19.1. The molecule has 1 aromatic rings. The largest absolute Gasteiger partial charge is 0.497 e. The Balaban J connectivity index is 3.59. The summed E-state index contributed by atoms with van der Waals surface area (Å²) in [6.45, 7) is 12.1. The molecule has 0 unspecified atom stereocenters. The second kappa shape index (κ2) is 9.02. The summed E-state index contributed by atoms with van der Waals surface area (Å²) in [5, 5.41) is 0. The van der Waals surface area contributed by atoms with Gasteiger partial charge in [-0.3, -0.25) is 4.79 Å². The average Bonchev–Trinajstić information content (AvgIpc) is 2.56. The van der Waals surface area contributed by atoms with Crippen LogP contribution >= 0.6 is 0 Å². The van der Waals surface area contributed by atoms with Crippen LogP contribution in [0.1, 0.15) is 31.4 Å². The summed E-state index contributed by atoms with van der Waals surface area (Å²) in [6, 6.07) is 3.63. The van der Waals surface area contributed by atoms with E-state index in [1.807, 2.05) is 19.9 Å². The summed E-state index contributed by atoms with van der Waals surface area (Å²) < 4.78 is 24.4. The van der Waals surface area contributed by atoms with Crippen LogP contribution in [0.5, 0.6) is 11.5 Å². The standard InChI is InChI=1S/C21H25FO3/c1-8-9-17(15(4)22)11-19(16(5)23)14(3)21-13(2)10-18(24-6)12-20(21)25-7/h8-10,12H,1,4,11H2,2-3,5-7H3/b17-9-,19-14-. The van der Waals surface area contributed by atoms with Gasteiger partial charge in [-0.15, -0.1) is 0 Å². The van der Waals surface area contributed by atoms with Gasteiger partial charge in [0, 0.05) is 23.6 Å². The van der Waals surface area contributed by atoms with Gasteiger partial charge in [0.25, 0.3) is 0 Å². The quantitative estimate of drug-likeness (QED) is 0.470. The zero-order chi connectivity index (χ0) is 19.1. The summed E-state index contributed by atoms with van der Waals surface area (Å²) in [7, 11) is 3.14. The second-order valence-corrected chi connectivity index (χ2v) is 5.69. The summed E-state index contributed by atoms with van der Waals surface area (Å²) >= 11 is 0. The van der Waals surface area contributed by atoms with E-state index in [1.165, 1.54) is 19.1 Å². The number of carbonyl (C=O) groups is 1. The Hall–Kier alpha value is -2.62. The Morgan fingerprint density at radius 2 is 1.88 bits per heavy atom. The minimum absolute atomic E-state index is 0.133. The molecule has 0 amide bonds. The molecule has 4 heteroatoms. The first-order valence-electron chi connectivity index (χ1n) is 7.86. The molecule has 0 N–H and O–H groups in total. The van der Waals surface area contributed by atoms with Crippen LogP contribution in [0.25, 0.3) is 5.57 Å². The van der Waals surface area contributed by atoms with Crippen molar-refractivity contribution >= 4 is 11.4 Å². The van der Waals surface area contributed by atoms with Gasteiger partial charge in [0.15, 0.2) is 5.78 Å². The molecule has 25 heavy (non-hydrogen) atoms. The first-order valence-corrected chi connectivity index (χ1v) is 7.86. The second-order valence-electron chi connectivity index (χ2n) is 5.69. The van der Waals surface area contributed by atoms with Crippen molar-refractivity contribution in [1.82, 2.24) is 0 Å². The highest BCUT2D eigenvalue weighted by molar-refractivity contribution is 6.02.